The van der Waals surface area contributed by atoms with Crippen LogP contribution in [0.4, 0.5) is 16.2 Å². The number of halogens is 1. The molecule has 2 rings (SSSR count). The average Bonchev–Trinajstić information content (AvgIpc) is 2.51. The van der Waals surface area contributed by atoms with E-state index in [9.17, 15) is 4.39 Å². The fraction of sp³-hybridized carbons (Fsp3) is 0.375. The maximum absolute atomic E-state index is 12.8. The van der Waals surface area contributed by atoms with Crippen LogP contribution in [-0.2, 0) is 6.42 Å². The molecule has 0 amide bonds. The molecule has 4 nitrogen and oxygen atoms in total. The number of hydrogen-bond acceptors (Lipinski definition) is 4. The van der Waals surface area contributed by atoms with Gasteiger partial charge in [0, 0.05) is 25.8 Å². The molecule has 2 aromatic rings. The first-order valence-electron chi connectivity index (χ1n) is 7.29. The molecule has 1 heterocycles. The van der Waals surface area contributed by atoms with E-state index in [0.717, 1.165) is 30.9 Å². The molecule has 0 aliphatic carbocycles. The largest absolute Gasteiger partial charge is 0.357 e. The lowest BCUT2D eigenvalue weighted by Crippen LogP contribution is -2.23. The summed E-state index contributed by atoms with van der Waals surface area (Å²) in [7, 11) is 0. The van der Waals surface area contributed by atoms with Crippen LogP contribution in [0.25, 0.3) is 0 Å². The van der Waals surface area contributed by atoms with Crippen LogP contribution in [0.3, 0.4) is 0 Å². The molecular formula is C16H21FN4. The van der Waals surface area contributed by atoms with Gasteiger partial charge in [0.25, 0.3) is 0 Å². The van der Waals surface area contributed by atoms with Gasteiger partial charge in [-0.15, -0.1) is 0 Å². The summed E-state index contributed by atoms with van der Waals surface area (Å²) in [6, 6.07) is 8.46. The minimum absolute atomic E-state index is 0.207. The number of nitrogens with one attached hydrogen (secondary N) is 1. The van der Waals surface area contributed by atoms with Gasteiger partial charge in [0.15, 0.2) is 0 Å². The van der Waals surface area contributed by atoms with Gasteiger partial charge >= 0.3 is 0 Å². The van der Waals surface area contributed by atoms with E-state index in [0.29, 0.717) is 12.5 Å². The molecule has 0 radical (unpaired) electrons. The van der Waals surface area contributed by atoms with Gasteiger partial charge in [-0.05, 0) is 44.0 Å². The van der Waals surface area contributed by atoms with Crippen molar-refractivity contribution in [2.45, 2.75) is 20.3 Å². The molecule has 0 saturated heterocycles. The van der Waals surface area contributed by atoms with E-state index in [-0.39, 0.29) is 5.82 Å². The normalized spacial score (nSPS) is 10.4. The van der Waals surface area contributed by atoms with Crippen molar-refractivity contribution in [1.82, 2.24) is 9.97 Å². The molecule has 0 fully saturated rings. The highest BCUT2D eigenvalue weighted by atomic mass is 19.1. The number of rotatable bonds is 7. The Kier molecular flexibility index (Phi) is 5.49. The van der Waals surface area contributed by atoms with Gasteiger partial charge in [0.05, 0.1) is 0 Å². The number of hydrogen-bond donors (Lipinski definition) is 1. The molecule has 0 spiro atoms. The van der Waals surface area contributed by atoms with Crippen molar-refractivity contribution in [3.63, 3.8) is 0 Å². The van der Waals surface area contributed by atoms with Gasteiger partial charge in [0.1, 0.15) is 11.6 Å². The van der Waals surface area contributed by atoms with Crippen molar-refractivity contribution in [2.75, 3.05) is 29.9 Å². The summed E-state index contributed by atoms with van der Waals surface area (Å²) in [5.74, 6) is 1.35. The number of benzene rings is 1. The molecule has 1 N–H and O–H groups in total. The fourth-order valence-electron chi connectivity index (χ4n) is 2.13. The molecule has 0 unspecified atom stereocenters. The highest BCUT2D eigenvalue weighted by Crippen LogP contribution is 2.11. The standard InChI is InChI=1S/C16H21FN4/c1-3-21(4-2)15-10-12-19-16(20-15)18-11-9-13-5-7-14(17)8-6-13/h5-8,10,12H,3-4,9,11H2,1-2H3,(H,18,19,20). The zero-order chi connectivity index (χ0) is 15.1. The predicted molar refractivity (Wildman–Crippen MR) is 84.2 cm³/mol. The van der Waals surface area contributed by atoms with Crippen LogP contribution in [0.5, 0.6) is 0 Å². The van der Waals surface area contributed by atoms with Crippen molar-refractivity contribution in [1.29, 1.82) is 0 Å². The van der Waals surface area contributed by atoms with Crippen LogP contribution in [0.15, 0.2) is 36.5 Å². The Labute approximate surface area is 125 Å². The summed E-state index contributed by atoms with van der Waals surface area (Å²) in [5.41, 5.74) is 1.09. The van der Waals surface area contributed by atoms with Gasteiger partial charge in [-0.25, -0.2) is 9.37 Å². The first-order valence-corrected chi connectivity index (χ1v) is 7.29. The van der Waals surface area contributed by atoms with E-state index >= 15 is 0 Å². The fourth-order valence-corrected chi connectivity index (χ4v) is 2.13. The Balaban J connectivity index is 1.91. The third-order valence-electron chi connectivity index (χ3n) is 3.34. The van der Waals surface area contributed by atoms with Crippen molar-refractivity contribution in [3.8, 4) is 0 Å². The average molecular weight is 288 g/mol. The van der Waals surface area contributed by atoms with Gasteiger partial charge in [-0.3, -0.25) is 0 Å². The second kappa shape index (κ2) is 7.57. The Morgan fingerprint density at radius 2 is 1.81 bits per heavy atom. The summed E-state index contributed by atoms with van der Waals surface area (Å²) in [5, 5.41) is 3.21. The van der Waals surface area contributed by atoms with Crippen LogP contribution in [0.2, 0.25) is 0 Å². The Hall–Kier alpha value is -2.17. The summed E-state index contributed by atoms with van der Waals surface area (Å²) in [4.78, 5) is 10.9. The van der Waals surface area contributed by atoms with Crippen LogP contribution in [0, 0.1) is 5.82 Å². The van der Waals surface area contributed by atoms with E-state index in [4.69, 9.17) is 0 Å². The third kappa shape index (κ3) is 4.41. The number of anilines is 2. The van der Waals surface area contributed by atoms with E-state index in [1.165, 1.54) is 12.1 Å². The molecule has 0 bridgehead atoms. The smallest absolute Gasteiger partial charge is 0.224 e. The Morgan fingerprint density at radius 3 is 2.48 bits per heavy atom. The maximum atomic E-state index is 12.8. The van der Waals surface area contributed by atoms with Crippen molar-refractivity contribution < 1.29 is 4.39 Å². The molecule has 5 heteroatoms. The summed E-state index contributed by atoms with van der Waals surface area (Å²) in [6.07, 6.45) is 2.57. The van der Waals surface area contributed by atoms with Crippen LogP contribution in [0.1, 0.15) is 19.4 Å². The lowest BCUT2D eigenvalue weighted by molar-refractivity contribution is 0.627. The van der Waals surface area contributed by atoms with Gasteiger partial charge in [0.2, 0.25) is 5.95 Å². The molecule has 0 aliphatic heterocycles. The monoisotopic (exact) mass is 288 g/mol. The van der Waals surface area contributed by atoms with Crippen LogP contribution in [-0.4, -0.2) is 29.6 Å². The number of aromatic nitrogens is 2. The van der Waals surface area contributed by atoms with E-state index < -0.39 is 0 Å². The zero-order valence-electron chi connectivity index (χ0n) is 12.5. The lowest BCUT2D eigenvalue weighted by atomic mass is 10.1. The highest BCUT2D eigenvalue weighted by molar-refractivity contribution is 5.42. The van der Waals surface area contributed by atoms with Crippen molar-refractivity contribution >= 4 is 11.8 Å². The predicted octanol–water partition coefficient (Wildman–Crippen LogP) is 3.12. The minimum atomic E-state index is -0.207. The molecule has 0 saturated carbocycles. The molecule has 1 aromatic heterocycles. The van der Waals surface area contributed by atoms with Gasteiger partial charge < -0.3 is 10.2 Å². The summed E-state index contributed by atoms with van der Waals surface area (Å²) in [6.45, 7) is 6.76. The summed E-state index contributed by atoms with van der Waals surface area (Å²) >= 11 is 0. The van der Waals surface area contributed by atoms with E-state index in [1.807, 2.05) is 6.07 Å². The SMILES string of the molecule is CCN(CC)c1ccnc(NCCc2ccc(F)cc2)n1. The second-order valence-electron chi connectivity index (χ2n) is 4.71. The topological polar surface area (TPSA) is 41.1 Å². The first-order chi connectivity index (χ1) is 10.2. The Morgan fingerprint density at radius 1 is 1.10 bits per heavy atom. The van der Waals surface area contributed by atoms with Crippen LogP contribution < -0.4 is 10.2 Å². The molecular weight excluding hydrogens is 267 g/mol. The molecule has 112 valence electrons. The van der Waals surface area contributed by atoms with Gasteiger partial charge in [-0.2, -0.15) is 4.98 Å². The van der Waals surface area contributed by atoms with Crippen LogP contribution >= 0.6 is 0 Å². The highest BCUT2D eigenvalue weighted by Gasteiger charge is 2.04. The third-order valence-corrected chi connectivity index (χ3v) is 3.34. The molecule has 21 heavy (non-hydrogen) atoms. The van der Waals surface area contributed by atoms with Crippen molar-refractivity contribution in [2.24, 2.45) is 0 Å². The minimum Gasteiger partial charge on any atom is -0.357 e. The molecule has 0 aliphatic rings. The van der Waals surface area contributed by atoms with E-state index in [2.05, 4.69) is 34.0 Å². The molecule has 0 atom stereocenters. The van der Waals surface area contributed by atoms with E-state index in [1.54, 1.807) is 18.3 Å². The summed E-state index contributed by atoms with van der Waals surface area (Å²) < 4.78 is 12.8. The second-order valence-corrected chi connectivity index (χ2v) is 4.71. The zero-order valence-corrected chi connectivity index (χ0v) is 12.5. The first kappa shape index (κ1) is 15.2. The van der Waals surface area contributed by atoms with Gasteiger partial charge in [-0.1, -0.05) is 12.1 Å². The maximum Gasteiger partial charge on any atom is 0.224 e. The Bertz CT molecular complexity index is 552. The quantitative estimate of drug-likeness (QED) is 0.850. The van der Waals surface area contributed by atoms with Crippen molar-refractivity contribution in [3.05, 3.63) is 47.9 Å². The molecule has 1 aromatic carbocycles. The number of nitrogens with zero attached hydrogens (tertiary/aromatic N) is 3. The lowest BCUT2D eigenvalue weighted by Gasteiger charge is -2.19.